The maximum absolute atomic E-state index is 12.3. The minimum atomic E-state index is 0.00230. The number of nitrogens with one attached hydrogen (secondary N) is 1. The zero-order valence-corrected chi connectivity index (χ0v) is 13.6. The Kier molecular flexibility index (Phi) is 6.27. The van der Waals surface area contributed by atoms with E-state index in [9.17, 15) is 9.90 Å². The highest BCUT2D eigenvalue weighted by molar-refractivity contribution is 5.74. The average Bonchev–Trinajstić information content (AvgIpc) is 2.37. The highest BCUT2D eigenvalue weighted by atomic mass is 16.3. The number of amides is 2. The van der Waals surface area contributed by atoms with Crippen molar-refractivity contribution in [3.8, 4) is 0 Å². The Bertz CT molecular complexity index is 318. The van der Waals surface area contributed by atoms with Crippen LogP contribution in [0.2, 0.25) is 0 Å². The number of aliphatic hydroxyl groups is 1. The molecule has 0 radical (unpaired) electrons. The number of aliphatic hydroxyl groups excluding tert-OH is 1. The zero-order chi connectivity index (χ0) is 15.3. The summed E-state index contributed by atoms with van der Waals surface area (Å²) < 4.78 is 0. The molecule has 1 aliphatic rings. The maximum atomic E-state index is 12.3. The van der Waals surface area contributed by atoms with E-state index < -0.39 is 0 Å². The lowest BCUT2D eigenvalue weighted by Gasteiger charge is -2.38. The summed E-state index contributed by atoms with van der Waals surface area (Å²) in [5, 5.41) is 12.4. The fourth-order valence-electron chi connectivity index (χ4n) is 2.82. The number of rotatable bonds is 5. The Morgan fingerprint density at radius 1 is 1.50 bits per heavy atom. The molecule has 0 aromatic heterocycles. The van der Waals surface area contributed by atoms with Crippen molar-refractivity contribution in [1.82, 2.24) is 15.1 Å². The first kappa shape index (κ1) is 17.2. The first-order valence-electron chi connectivity index (χ1n) is 7.57. The molecule has 1 heterocycles. The van der Waals surface area contributed by atoms with E-state index in [0.717, 1.165) is 25.9 Å². The molecule has 5 nitrogen and oxygen atoms in total. The molecule has 5 heteroatoms. The lowest BCUT2D eigenvalue weighted by molar-refractivity contribution is 0.120. The van der Waals surface area contributed by atoms with E-state index >= 15 is 0 Å². The lowest BCUT2D eigenvalue weighted by Crippen LogP contribution is -2.53. The Labute approximate surface area is 123 Å². The summed E-state index contributed by atoms with van der Waals surface area (Å²) in [7, 11) is 4.10. The third kappa shape index (κ3) is 4.94. The van der Waals surface area contributed by atoms with Crippen molar-refractivity contribution in [2.45, 2.75) is 39.7 Å². The molecule has 0 aromatic carbocycles. The van der Waals surface area contributed by atoms with Gasteiger partial charge in [-0.1, -0.05) is 13.8 Å². The minimum Gasteiger partial charge on any atom is -0.396 e. The quantitative estimate of drug-likeness (QED) is 0.802. The van der Waals surface area contributed by atoms with E-state index in [4.69, 9.17) is 0 Å². The van der Waals surface area contributed by atoms with Crippen molar-refractivity contribution < 1.29 is 9.90 Å². The first-order chi connectivity index (χ1) is 9.26. The van der Waals surface area contributed by atoms with Gasteiger partial charge in [-0.2, -0.15) is 0 Å². The van der Waals surface area contributed by atoms with Crippen LogP contribution in [0.1, 0.15) is 33.6 Å². The molecule has 1 rings (SSSR count). The third-order valence-electron chi connectivity index (χ3n) is 4.30. The molecule has 0 bridgehead atoms. The molecular formula is C15H31N3O2. The molecule has 2 amide bonds. The fraction of sp³-hybridized carbons (Fsp3) is 0.933. The molecule has 0 unspecified atom stereocenters. The van der Waals surface area contributed by atoms with Gasteiger partial charge in [0.2, 0.25) is 0 Å². The molecule has 1 saturated heterocycles. The summed E-state index contributed by atoms with van der Waals surface area (Å²) in [6, 6.07) is 0.106. The molecule has 0 saturated carbocycles. The SMILES string of the molecule is C[C@@H](NC(=O)N1CCC[C@@H](CO)C1)C(C)(C)CN(C)C. The maximum Gasteiger partial charge on any atom is 0.317 e. The second-order valence-electron chi connectivity index (χ2n) is 7.03. The molecule has 0 aliphatic carbocycles. The van der Waals surface area contributed by atoms with Crippen molar-refractivity contribution in [3.63, 3.8) is 0 Å². The standard InChI is InChI=1S/C15H31N3O2/c1-12(15(2,3)11-17(4)5)16-14(20)18-8-6-7-13(9-18)10-19/h12-13,19H,6-11H2,1-5H3,(H,16,20)/t12-,13-/m1/s1. The molecular weight excluding hydrogens is 254 g/mol. The van der Waals surface area contributed by atoms with Gasteiger partial charge in [-0.25, -0.2) is 4.79 Å². The molecule has 20 heavy (non-hydrogen) atoms. The van der Waals surface area contributed by atoms with Crippen molar-refractivity contribution in [3.05, 3.63) is 0 Å². The van der Waals surface area contributed by atoms with Crippen LogP contribution < -0.4 is 5.32 Å². The molecule has 2 N–H and O–H groups in total. The second-order valence-corrected chi connectivity index (χ2v) is 7.03. The van der Waals surface area contributed by atoms with Crippen LogP contribution in [-0.2, 0) is 0 Å². The molecule has 0 aromatic rings. The predicted molar refractivity (Wildman–Crippen MR) is 81.7 cm³/mol. The monoisotopic (exact) mass is 285 g/mol. The van der Waals surface area contributed by atoms with Crippen molar-refractivity contribution in [1.29, 1.82) is 0 Å². The van der Waals surface area contributed by atoms with Crippen molar-refractivity contribution >= 4 is 6.03 Å². The van der Waals surface area contributed by atoms with Gasteiger partial charge in [0.25, 0.3) is 0 Å². The first-order valence-corrected chi connectivity index (χ1v) is 7.57. The van der Waals surface area contributed by atoms with E-state index in [-0.39, 0.29) is 30.0 Å². The van der Waals surface area contributed by atoms with Gasteiger partial charge < -0.3 is 20.2 Å². The van der Waals surface area contributed by atoms with Gasteiger partial charge in [-0.3, -0.25) is 0 Å². The van der Waals surface area contributed by atoms with Crippen LogP contribution in [0.4, 0.5) is 4.79 Å². The second kappa shape index (κ2) is 7.27. The summed E-state index contributed by atoms with van der Waals surface area (Å²) in [5.74, 6) is 0.236. The Morgan fingerprint density at radius 3 is 2.70 bits per heavy atom. The molecule has 2 atom stereocenters. The van der Waals surface area contributed by atoms with Gasteiger partial charge in [0.15, 0.2) is 0 Å². The summed E-state index contributed by atoms with van der Waals surface area (Å²) in [6.45, 7) is 8.97. The van der Waals surface area contributed by atoms with Crippen LogP contribution in [0.15, 0.2) is 0 Å². The van der Waals surface area contributed by atoms with Gasteiger partial charge in [0, 0.05) is 32.3 Å². The molecule has 1 aliphatic heterocycles. The summed E-state index contributed by atoms with van der Waals surface area (Å²) in [6.07, 6.45) is 2.00. The summed E-state index contributed by atoms with van der Waals surface area (Å²) in [5.41, 5.74) is 0.0192. The largest absolute Gasteiger partial charge is 0.396 e. The van der Waals surface area contributed by atoms with E-state index in [0.29, 0.717) is 6.54 Å². The molecule has 1 fully saturated rings. The number of hydrogen-bond donors (Lipinski definition) is 2. The highest BCUT2D eigenvalue weighted by Gasteiger charge is 2.30. The van der Waals surface area contributed by atoms with E-state index in [1.807, 2.05) is 19.0 Å². The fourth-order valence-corrected chi connectivity index (χ4v) is 2.82. The van der Waals surface area contributed by atoms with Gasteiger partial charge in [-0.15, -0.1) is 0 Å². The van der Waals surface area contributed by atoms with Crippen LogP contribution in [0.3, 0.4) is 0 Å². The number of hydrogen-bond acceptors (Lipinski definition) is 3. The van der Waals surface area contributed by atoms with Gasteiger partial charge in [-0.05, 0) is 45.2 Å². The van der Waals surface area contributed by atoms with E-state index in [1.54, 1.807) is 0 Å². The minimum absolute atomic E-state index is 0.00230. The van der Waals surface area contributed by atoms with Crippen LogP contribution in [-0.4, -0.2) is 67.3 Å². The topological polar surface area (TPSA) is 55.8 Å². The van der Waals surface area contributed by atoms with E-state index in [2.05, 4.69) is 31.0 Å². The van der Waals surface area contributed by atoms with Gasteiger partial charge >= 0.3 is 6.03 Å². The smallest absolute Gasteiger partial charge is 0.317 e. The number of likely N-dealkylation sites (tertiary alicyclic amines) is 1. The van der Waals surface area contributed by atoms with Crippen LogP contribution in [0.5, 0.6) is 0 Å². The predicted octanol–water partition coefficient (Wildman–Crippen LogP) is 1.38. The van der Waals surface area contributed by atoms with Crippen LogP contribution >= 0.6 is 0 Å². The number of carbonyl (C=O) groups excluding carboxylic acids is 1. The average molecular weight is 285 g/mol. The summed E-state index contributed by atoms with van der Waals surface area (Å²) >= 11 is 0. The normalized spacial score (nSPS) is 21.9. The lowest BCUT2D eigenvalue weighted by atomic mass is 9.85. The van der Waals surface area contributed by atoms with Crippen LogP contribution in [0.25, 0.3) is 0 Å². The van der Waals surface area contributed by atoms with Crippen molar-refractivity contribution in [2.24, 2.45) is 11.3 Å². The third-order valence-corrected chi connectivity index (χ3v) is 4.30. The molecule has 0 spiro atoms. The van der Waals surface area contributed by atoms with Crippen LogP contribution in [0, 0.1) is 11.3 Å². The summed E-state index contributed by atoms with van der Waals surface area (Å²) in [4.78, 5) is 16.3. The number of piperidine rings is 1. The van der Waals surface area contributed by atoms with Crippen molar-refractivity contribution in [2.75, 3.05) is 40.3 Å². The van der Waals surface area contributed by atoms with Gasteiger partial charge in [0.05, 0.1) is 0 Å². The Balaban J connectivity index is 2.52. The van der Waals surface area contributed by atoms with Gasteiger partial charge in [0.1, 0.15) is 0 Å². The molecule has 118 valence electrons. The number of carbonyl (C=O) groups is 1. The van der Waals surface area contributed by atoms with E-state index in [1.165, 1.54) is 0 Å². The Hall–Kier alpha value is -0.810. The Morgan fingerprint density at radius 2 is 2.15 bits per heavy atom. The highest BCUT2D eigenvalue weighted by Crippen LogP contribution is 2.22. The number of nitrogens with zero attached hydrogens (tertiary/aromatic N) is 2. The zero-order valence-electron chi connectivity index (χ0n) is 13.6. The number of urea groups is 1.